The second-order valence-corrected chi connectivity index (χ2v) is 6.74. The smallest absolute Gasteiger partial charge is 0.416 e. The maximum atomic E-state index is 12.6. The molecular weight excluding hydrogens is 394 g/mol. The van der Waals surface area contributed by atoms with Crippen LogP contribution in [0.1, 0.15) is 5.56 Å². The molecule has 0 unspecified atom stereocenters. The van der Waals surface area contributed by atoms with Crippen LogP contribution >= 0.6 is 23.2 Å². The van der Waals surface area contributed by atoms with Crippen LogP contribution in [0.25, 0.3) is 0 Å². The molecule has 5 nitrogen and oxygen atoms in total. The Morgan fingerprint density at radius 3 is 2.12 bits per heavy atom. The molecule has 0 aliphatic carbocycles. The number of hydrogen-bond donors (Lipinski definition) is 2. The van der Waals surface area contributed by atoms with Crippen LogP contribution in [0, 0.1) is 0 Å². The molecule has 0 spiro atoms. The summed E-state index contributed by atoms with van der Waals surface area (Å²) < 4.78 is 74.9. The molecule has 0 aliphatic heterocycles. The van der Waals surface area contributed by atoms with Crippen molar-refractivity contribution < 1.29 is 30.9 Å². The van der Waals surface area contributed by atoms with Gasteiger partial charge in [-0.3, -0.25) is 4.55 Å². The van der Waals surface area contributed by atoms with E-state index in [2.05, 4.69) is 0 Å². The molecule has 2 rings (SSSR count). The van der Waals surface area contributed by atoms with Crippen LogP contribution in [-0.4, -0.2) is 13.0 Å². The number of nitrogens with two attached hydrogens (primary N) is 1. The van der Waals surface area contributed by atoms with Crippen LogP contribution in [0.3, 0.4) is 0 Å². The van der Waals surface area contributed by atoms with Crippen molar-refractivity contribution >= 4 is 39.0 Å². The molecule has 0 amide bonds. The van der Waals surface area contributed by atoms with Gasteiger partial charge in [0.05, 0.1) is 21.3 Å². The van der Waals surface area contributed by atoms with Gasteiger partial charge < -0.3 is 10.5 Å². The molecule has 0 atom stereocenters. The van der Waals surface area contributed by atoms with E-state index in [1.54, 1.807) is 0 Å². The molecule has 0 aromatic heterocycles. The second-order valence-electron chi connectivity index (χ2n) is 4.54. The first-order valence-corrected chi connectivity index (χ1v) is 8.20. The molecule has 11 heteroatoms. The van der Waals surface area contributed by atoms with Crippen LogP contribution in [0.4, 0.5) is 18.9 Å². The topological polar surface area (TPSA) is 89.6 Å². The average molecular weight is 402 g/mol. The monoisotopic (exact) mass is 401 g/mol. The lowest BCUT2D eigenvalue weighted by Crippen LogP contribution is -2.06. The molecule has 3 N–H and O–H groups in total. The summed E-state index contributed by atoms with van der Waals surface area (Å²) in [5.41, 5.74) is 4.10. The molecular formula is C13H8Cl2F3NO4S. The Balaban J connectivity index is 2.51. The lowest BCUT2D eigenvalue weighted by atomic mass is 10.2. The van der Waals surface area contributed by atoms with Gasteiger partial charge in [0.1, 0.15) is 16.4 Å². The summed E-state index contributed by atoms with van der Waals surface area (Å²) in [5, 5.41) is -0.262. The third-order valence-corrected chi connectivity index (χ3v) is 4.42. The van der Waals surface area contributed by atoms with E-state index in [4.69, 9.17) is 33.7 Å². The number of ether oxygens (including phenoxy) is 1. The van der Waals surface area contributed by atoms with Gasteiger partial charge in [0.15, 0.2) is 0 Å². The lowest BCUT2D eigenvalue weighted by Gasteiger charge is -2.14. The van der Waals surface area contributed by atoms with E-state index in [9.17, 15) is 26.1 Å². The summed E-state index contributed by atoms with van der Waals surface area (Å²) in [6, 6.07) is 4.07. The van der Waals surface area contributed by atoms with Gasteiger partial charge in [-0.2, -0.15) is 21.6 Å². The highest BCUT2D eigenvalue weighted by atomic mass is 35.5. The van der Waals surface area contributed by atoms with Gasteiger partial charge in [-0.1, -0.05) is 23.2 Å². The molecule has 0 radical (unpaired) electrons. The van der Waals surface area contributed by atoms with Gasteiger partial charge in [0, 0.05) is 6.07 Å². The van der Waals surface area contributed by atoms with Crippen molar-refractivity contribution in [2.75, 3.05) is 5.73 Å². The first-order valence-electron chi connectivity index (χ1n) is 6.00. The van der Waals surface area contributed by atoms with E-state index >= 15 is 0 Å². The summed E-state index contributed by atoms with van der Waals surface area (Å²) in [5.74, 6) is -0.704. The maximum Gasteiger partial charge on any atom is 0.416 e. The normalized spacial score (nSPS) is 12.2. The van der Waals surface area contributed by atoms with E-state index in [1.807, 2.05) is 0 Å². The zero-order valence-corrected chi connectivity index (χ0v) is 13.8. The highest BCUT2D eigenvalue weighted by Gasteiger charge is 2.31. The van der Waals surface area contributed by atoms with Crippen LogP contribution in [0.15, 0.2) is 35.2 Å². The summed E-state index contributed by atoms with van der Waals surface area (Å²) in [6.45, 7) is 0. The molecule has 0 fully saturated rings. The van der Waals surface area contributed by atoms with Crippen molar-refractivity contribution in [2.24, 2.45) is 0 Å². The Morgan fingerprint density at radius 2 is 1.62 bits per heavy atom. The quantitative estimate of drug-likeness (QED) is 0.577. The van der Waals surface area contributed by atoms with Gasteiger partial charge in [-0.25, -0.2) is 0 Å². The fraction of sp³-hybridized carbons (Fsp3) is 0.0769. The number of nitrogen functional groups attached to an aromatic ring is 1. The van der Waals surface area contributed by atoms with Crippen LogP contribution in [0.5, 0.6) is 11.5 Å². The van der Waals surface area contributed by atoms with E-state index in [0.29, 0.717) is 12.1 Å². The highest BCUT2D eigenvalue weighted by molar-refractivity contribution is 7.86. The average Bonchev–Trinajstić information content (AvgIpc) is 2.42. The number of rotatable bonds is 3. The Hall–Kier alpha value is -1.68. The van der Waals surface area contributed by atoms with Crippen LogP contribution < -0.4 is 10.5 Å². The minimum atomic E-state index is -4.73. The molecule has 2 aromatic rings. The van der Waals surface area contributed by atoms with Gasteiger partial charge in [-0.15, -0.1) is 0 Å². The fourth-order valence-corrected chi connectivity index (χ4v) is 2.73. The summed E-state index contributed by atoms with van der Waals surface area (Å²) in [6.07, 6.45) is -4.60. The van der Waals surface area contributed by atoms with Crippen LogP contribution in [-0.2, 0) is 16.3 Å². The minimum Gasteiger partial charge on any atom is -0.454 e. The molecule has 0 saturated carbocycles. The molecule has 24 heavy (non-hydrogen) atoms. The van der Waals surface area contributed by atoms with Crippen molar-refractivity contribution in [1.82, 2.24) is 0 Å². The van der Waals surface area contributed by atoms with Crippen molar-refractivity contribution in [1.29, 1.82) is 0 Å². The highest BCUT2D eigenvalue weighted by Crippen LogP contribution is 2.39. The molecule has 0 heterocycles. The van der Waals surface area contributed by atoms with Crippen molar-refractivity contribution in [3.63, 3.8) is 0 Å². The Kier molecular flexibility index (Phi) is 4.91. The predicted octanol–water partition coefficient (Wildman–Crippen LogP) is 4.63. The zero-order valence-electron chi connectivity index (χ0n) is 11.4. The SMILES string of the molecule is Nc1cc(C(F)(F)F)ccc1Oc1cc(Cl)c(Cl)cc1S(=O)(=O)O. The number of alkyl halides is 3. The fourth-order valence-electron chi connectivity index (χ4n) is 1.73. The van der Waals surface area contributed by atoms with Crippen molar-refractivity contribution in [3.05, 3.63) is 45.9 Å². The molecule has 0 saturated heterocycles. The summed E-state index contributed by atoms with van der Waals surface area (Å²) in [4.78, 5) is -0.712. The van der Waals surface area contributed by atoms with Gasteiger partial charge in [0.2, 0.25) is 0 Å². The maximum absolute atomic E-state index is 12.6. The lowest BCUT2D eigenvalue weighted by molar-refractivity contribution is -0.137. The second kappa shape index (κ2) is 6.32. The largest absolute Gasteiger partial charge is 0.454 e. The van der Waals surface area contributed by atoms with E-state index in [1.165, 1.54) is 0 Å². The number of halogens is 5. The van der Waals surface area contributed by atoms with E-state index < -0.39 is 38.2 Å². The first-order chi connectivity index (χ1) is 10.9. The first kappa shape index (κ1) is 18.7. The standard InChI is InChI=1S/C13H8Cl2F3NO4S/c14-7-4-11(12(5-8(7)15)24(20,21)22)23-10-2-1-6(3-9(10)19)13(16,17)18/h1-5H,19H2,(H,20,21,22). The van der Waals surface area contributed by atoms with Gasteiger partial charge in [0.25, 0.3) is 10.1 Å². The predicted molar refractivity (Wildman–Crippen MR) is 82.2 cm³/mol. The van der Waals surface area contributed by atoms with Crippen LogP contribution in [0.2, 0.25) is 10.0 Å². The Labute approximate surface area is 144 Å². The van der Waals surface area contributed by atoms with Gasteiger partial charge >= 0.3 is 6.18 Å². The summed E-state index contributed by atoms with van der Waals surface area (Å²) >= 11 is 11.4. The minimum absolute atomic E-state index is 0.0930. The number of hydrogen-bond acceptors (Lipinski definition) is 4. The zero-order chi connectivity index (χ0) is 18.3. The van der Waals surface area contributed by atoms with E-state index in [-0.39, 0.29) is 15.8 Å². The number of anilines is 1. The van der Waals surface area contributed by atoms with Gasteiger partial charge in [-0.05, 0) is 24.3 Å². The Bertz CT molecular complexity index is 901. The summed E-state index contributed by atoms with van der Waals surface area (Å²) in [7, 11) is -4.73. The molecule has 0 bridgehead atoms. The molecule has 0 aliphatic rings. The number of benzene rings is 2. The third kappa shape index (κ3) is 4.04. The Morgan fingerprint density at radius 1 is 1.04 bits per heavy atom. The van der Waals surface area contributed by atoms with Crippen molar-refractivity contribution in [3.8, 4) is 11.5 Å². The molecule has 2 aromatic carbocycles. The molecule has 130 valence electrons. The van der Waals surface area contributed by atoms with E-state index in [0.717, 1.165) is 18.2 Å². The third-order valence-electron chi connectivity index (χ3n) is 2.82. The van der Waals surface area contributed by atoms with Crippen molar-refractivity contribution in [2.45, 2.75) is 11.1 Å².